The number of unbranched alkanes of at least 4 members (excludes halogenated alkanes) is 4. The summed E-state index contributed by atoms with van der Waals surface area (Å²) in [5.74, 6) is 1.17. The highest BCUT2D eigenvalue weighted by Gasteiger charge is 2.30. The molecule has 2 heterocycles. The highest BCUT2D eigenvalue weighted by molar-refractivity contribution is 7.90. The molecule has 300 valence electrons. The molecule has 0 bridgehead atoms. The van der Waals surface area contributed by atoms with Crippen molar-refractivity contribution < 1.29 is 21.6 Å². The first-order chi connectivity index (χ1) is 26.9. The smallest absolute Gasteiger partial charge is 0.311 e. The number of hydrogen-bond donors (Lipinski definition) is 3. The van der Waals surface area contributed by atoms with Crippen LogP contribution < -0.4 is 16.6 Å². The van der Waals surface area contributed by atoms with Gasteiger partial charge in [0.25, 0.3) is 16.1 Å². The van der Waals surface area contributed by atoms with E-state index >= 15 is 0 Å². The number of anilines is 2. The molecule has 0 radical (unpaired) electrons. The fraction of sp³-hybridized carbons (Fsp3) is 0.537. The zero-order valence-electron chi connectivity index (χ0n) is 32.1. The van der Waals surface area contributed by atoms with Crippen molar-refractivity contribution in [2.24, 2.45) is 9.54 Å². The summed E-state index contributed by atoms with van der Waals surface area (Å²) in [6.45, 7) is 1.35. The van der Waals surface area contributed by atoms with E-state index in [1.807, 2.05) is 0 Å². The number of nitrogens with two attached hydrogens (primary N) is 3. The van der Waals surface area contributed by atoms with Crippen LogP contribution in [0.15, 0.2) is 51.1 Å². The van der Waals surface area contributed by atoms with Crippen LogP contribution in [-0.2, 0) is 76.5 Å². The van der Waals surface area contributed by atoms with Gasteiger partial charge in [-0.15, -0.1) is 0 Å². The molecule has 2 atom stereocenters. The minimum atomic E-state index is -4.02. The predicted molar refractivity (Wildman–Crippen MR) is 216 cm³/mol. The Balaban J connectivity index is 0.000000172. The average Bonchev–Trinajstić information content (AvgIpc) is 4.01. The molecule has 0 aliphatic heterocycles. The number of primary sulfonamides is 1. The second kappa shape index (κ2) is 17.1. The number of rotatable bonds is 15. The summed E-state index contributed by atoms with van der Waals surface area (Å²) in [5, 5.41) is 12.8. The van der Waals surface area contributed by atoms with E-state index < -0.39 is 20.0 Å². The maximum absolute atomic E-state index is 11.7. The second-order valence-corrected chi connectivity index (χ2v) is 19.0. The van der Waals surface area contributed by atoms with E-state index in [4.69, 9.17) is 16.6 Å². The van der Waals surface area contributed by atoms with Crippen LogP contribution in [0.25, 0.3) is 0 Å². The zero-order chi connectivity index (χ0) is 39.5. The number of aromatic nitrogens is 4. The average molecular weight is 803 g/mol. The van der Waals surface area contributed by atoms with E-state index in [2.05, 4.69) is 26.7 Å². The number of sulfonamides is 2. The van der Waals surface area contributed by atoms with Crippen LogP contribution in [0.2, 0.25) is 0 Å². The Labute approximate surface area is 330 Å². The van der Waals surface area contributed by atoms with Crippen LogP contribution in [-0.4, -0.2) is 42.5 Å². The largest absolute Gasteiger partial charge is 0.398 e. The normalized spacial score (nSPS) is 18.2. The van der Waals surface area contributed by atoms with Gasteiger partial charge in [-0.25, -0.2) is 18.4 Å². The summed E-state index contributed by atoms with van der Waals surface area (Å²) in [6.07, 6.45) is 24.8. The van der Waals surface area contributed by atoms with Gasteiger partial charge in [-0.3, -0.25) is 9.36 Å². The van der Waals surface area contributed by atoms with Gasteiger partial charge in [-0.2, -0.15) is 18.6 Å². The fourth-order valence-electron chi connectivity index (χ4n) is 9.62. The molecule has 6 N–H and O–H groups in total. The highest BCUT2D eigenvalue weighted by atomic mass is 32.2. The van der Waals surface area contributed by atoms with Crippen LogP contribution in [0, 0.1) is 0 Å². The van der Waals surface area contributed by atoms with Crippen LogP contribution in [0.4, 0.5) is 11.4 Å². The first kappa shape index (κ1) is 39.9. The molecule has 13 nitrogen and oxygen atoms in total. The Kier molecular flexibility index (Phi) is 12.2. The fourth-order valence-corrected chi connectivity index (χ4v) is 10.7. The maximum atomic E-state index is 11.7. The van der Waals surface area contributed by atoms with Gasteiger partial charge in [-0.05, 0) is 158 Å². The quantitative estimate of drug-likeness (QED) is 0.0543. The third-order valence-electron chi connectivity index (χ3n) is 12.3. The molecule has 2 aromatic carbocycles. The van der Waals surface area contributed by atoms with Crippen LogP contribution in [0.1, 0.15) is 133 Å². The molecular formula is C41H54N8O5S2. The number of benzene rings is 2. The molecule has 4 aromatic rings. The Hall–Kier alpha value is -4.30. The summed E-state index contributed by atoms with van der Waals surface area (Å²) < 4.78 is 51.9. The monoisotopic (exact) mass is 802 g/mol. The van der Waals surface area contributed by atoms with E-state index in [9.17, 15) is 21.6 Å². The Morgan fingerprint density at radius 3 is 1.61 bits per heavy atom. The maximum Gasteiger partial charge on any atom is 0.311 e. The standard InChI is InChI=1S/C21H26N4O3S.C20H28N4O2S/c22-21-18-7-4-6-16(18)13-17-9-8-15(20(17)21)5-2-1-3-11-25-12-10-19(24-25)29(27,28)23-14-26;21-20-17-7-4-6-15(17)13-16-9-8-14(19(16)20)5-2-1-3-11-24-12-10-18(23-24)27(22,25)26/h10,12-13,15H,1-9,11,22H2;10,12-14H,1-9,11,21H2,(H2,22,25,26). The highest BCUT2D eigenvalue weighted by Crippen LogP contribution is 2.46. The molecule has 4 aliphatic rings. The lowest BCUT2D eigenvalue weighted by Crippen LogP contribution is -2.13. The lowest BCUT2D eigenvalue weighted by Gasteiger charge is -2.17. The van der Waals surface area contributed by atoms with Crippen molar-refractivity contribution in [3.05, 3.63) is 81.2 Å². The second-order valence-electron chi connectivity index (χ2n) is 15.9. The van der Waals surface area contributed by atoms with Crippen molar-refractivity contribution in [2.45, 2.75) is 151 Å². The number of nitrogen functional groups attached to an aromatic ring is 2. The number of fused-ring (bicyclic) bond motifs is 4. The molecule has 0 fully saturated rings. The van der Waals surface area contributed by atoms with Gasteiger partial charge >= 0.3 is 10.0 Å². The van der Waals surface area contributed by atoms with Gasteiger partial charge in [-0.1, -0.05) is 42.2 Å². The van der Waals surface area contributed by atoms with Crippen molar-refractivity contribution in [1.29, 1.82) is 0 Å². The van der Waals surface area contributed by atoms with Crippen molar-refractivity contribution in [2.75, 3.05) is 11.5 Å². The molecule has 0 amide bonds. The van der Waals surface area contributed by atoms with E-state index in [-0.39, 0.29) is 10.1 Å². The molecule has 0 saturated heterocycles. The van der Waals surface area contributed by atoms with Crippen molar-refractivity contribution >= 4 is 37.5 Å². The summed E-state index contributed by atoms with van der Waals surface area (Å²) >= 11 is 0. The zero-order valence-corrected chi connectivity index (χ0v) is 33.7. The number of nitrogens with zero attached hydrogens (tertiary/aromatic N) is 5. The SMILES string of the molecule is Nc1c2c(cc3c1C(CCCCCn1ccc(S(=O)(=O)N=C=O)n1)CC3)CCC2.Nc1c2c(cc3c1C(CCCCCn1ccc(S(N)(=O)=O)n1)CC3)CCC2. The molecule has 15 heteroatoms. The summed E-state index contributed by atoms with van der Waals surface area (Å²) in [4.78, 5) is 10.2. The third kappa shape index (κ3) is 8.81. The first-order valence-electron chi connectivity index (χ1n) is 20.2. The lowest BCUT2D eigenvalue weighted by molar-refractivity contribution is 0.502. The lowest BCUT2D eigenvalue weighted by atomic mass is 9.90. The first-order valence-corrected chi connectivity index (χ1v) is 23.2. The summed E-state index contributed by atoms with van der Waals surface area (Å²) in [5.41, 5.74) is 26.9. The Morgan fingerprint density at radius 1 is 0.661 bits per heavy atom. The van der Waals surface area contributed by atoms with Gasteiger partial charge in [0.05, 0.1) is 0 Å². The summed E-state index contributed by atoms with van der Waals surface area (Å²) in [6, 6.07) is 7.64. The molecule has 0 spiro atoms. The van der Waals surface area contributed by atoms with Crippen LogP contribution in [0.3, 0.4) is 0 Å². The van der Waals surface area contributed by atoms with Gasteiger partial charge in [0, 0.05) is 36.9 Å². The number of carbonyl (C=O) groups excluding carboxylic acids is 1. The molecule has 0 saturated carbocycles. The molecule has 8 rings (SSSR count). The predicted octanol–water partition coefficient (Wildman–Crippen LogP) is 6.16. The van der Waals surface area contributed by atoms with Crippen molar-refractivity contribution in [3.63, 3.8) is 0 Å². The van der Waals surface area contributed by atoms with E-state index in [1.165, 1.54) is 108 Å². The topological polar surface area (TPSA) is 211 Å². The van der Waals surface area contributed by atoms with Gasteiger partial charge in [0.2, 0.25) is 0 Å². The number of aryl methyl sites for hydroxylation is 6. The van der Waals surface area contributed by atoms with E-state index in [0.29, 0.717) is 24.9 Å². The molecule has 2 unspecified atom stereocenters. The minimum absolute atomic E-state index is 0.0620. The Bertz CT molecular complexity index is 2340. The van der Waals surface area contributed by atoms with Crippen molar-refractivity contribution in [1.82, 2.24) is 19.6 Å². The van der Waals surface area contributed by atoms with E-state index in [0.717, 1.165) is 81.7 Å². The third-order valence-corrected chi connectivity index (χ3v) is 14.2. The Morgan fingerprint density at radius 2 is 1.14 bits per heavy atom. The van der Waals surface area contributed by atoms with E-state index in [1.54, 1.807) is 21.8 Å². The number of isocyanates is 1. The molecule has 2 aromatic heterocycles. The van der Waals surface area contributed by atoms with Crippen LogP contribution >= 0.6 is 0 Å². The van der Waals surface area contributed by atoms with Crippen LogP contribution in [0.5, 0.6) is 0 Å². The molecule has 4 aliphatic carbocycles. The molecule has 56 heavy (non-hydrogen) atoms. The van der Waals surface area contributed by atoms with Gasteiger partial charge in [0.1, 0.15) is 0 Å². The number of hydrogen-bond acceptors (Lipinski definition) is 9. The van der Waals surface area contributed by atoms with Gasteiger partial charge in [0.15, 0.2) is 10.1 Å². The van der Waals surface area contributed by atoms with Gasteiger partial charge < -0.3 is 11.5 Å². The molecular weight excluding hydrogens is 749 g/mol. The minimum Gasteiger partial charge on any atom is -0.398 e. The summed E-state index contributed by atoms with van der Waals surface area (Å²) in [7, 11) is -7.72. The van der Waals surface area contributed by atoms with Crippen molar-refractivity contribution in [3.8, 4) is 0 Å².